The molecule has 2 N–H and O–H groups in total. The van der Waals surface area contributed by atoms with Crippen molar-refractivity contribution in [1.29, 1.82) is 0 Å². The van der Waals surface area contributed by atoms with Crippen molar-refractivity contribution >= 4 is 5.96 Å². The van der Waals surface area contributed by atoms with Gasteiger partial charge in [0.1, 0.15) is 0 Å². The van der Waals surface area contributed by atoms with Gasteiger partial charge in [-0.2, -0.15) is 13.2 Å². The summed E-state index contributed by atoms with van der Waals surface area (Å²) in [6.45, 7) is 4.31. The van der Waals surface area contributed by atoms with Crippen LogP contribution < -0.4 is 5.73 Å². The van der Waals surface area contributed by atoms with E-state index in [1.807, 2.05) is 18.7 Å². The number of alkyl halides is 3. The molecule has 1 spiro atoms. The molecule has 2 rings (SSSR count). The normalized spacial score (nSPS) is 33.3. The Hall–Kier alpha value is -0.940. The summed E-state index contributed by atoms with van der Waals surface area (Å²) in [4.78, 5) is 6.08. The molecular formula is C12H20F3N3. The quantitative estimate of drug-likeness (QED) is 0.789. The first-order valence-corrected chi connectivity index (χ1v) is 6.42. The van der Waals surface area contributed by atoms with E-state index in [1.54, 1.807) is 0 Å². The topological polar surface area (TPSA) is 41.6 Å². The second-order valence-electron chi connectivity index (χ2n) is 5.70. The first-order valence-electron chi connectivity index (χ1n) is 6.42. The maximum absolute atomic E-state index is 12.9. The lowest BCUT2D eigenvalue weighted by Crippen LogP contribution is -2.57. The summed E-state index contributed by atoms with van der Waals surface area (Å²) in [6, 6.07) is 0.0863. The molecule has 1 fully saturated rings. The molecule has 0 bridgehead atoms. The van der Waals surface area contributed by atoms with Crippen molar-refractivity contribution in [1.82, 2.24) is 4.90 Å². The number of aliphatic imine (C=N–C) groups is 1. The maximum Gasteiger partial charge on any atom is 0.391 e. The van der Waals surface area contributed by atoms with Crippen LogP contribution in [0.3, 0.4) is 0 Å². The zero-order chi connectivity index (χ0) is 13.6. The van der Waals surface area contributed by atoms with Crippen LogP contribution in [0.4, 0.5) is 13.2 Å². The van der Waals surface area contributed by atoms with Gasteiger partial charge >= 0.3 is 6.18 Å². The van der Waals surface area contributed by atoms with Crippen molar-refractivity contribution in [3.05, 3.63) is 0 Å². The van der Waals surface area contributed by atoms with Gasteiger partial charge in [0.15, 0.2) is 5.96 Å². The first-order chi connectivity index (χ1) is 8.26. The van der Waals surface area contributed by atoms with E-state index >= 15 is 0 Å². The molecule has 1 aliphatic heterocycles. The Morgan fingerprint density at radius 3 is 2.67 bits per heavy atom. The number of rotatable bonds is 1. The van der Waals surface area contributed by atoms with Gasteiger partial charge in [-0.15, -0.1) is 0 Å². The van der Waals surface area contributed by atoms with Crippen LogP contribution in [0.2, 0.25) is 0 Å². The number of guanidine groups is 1. The zero-order valence-electron chi connectivity index (χ0n) is 10.8. The van der Waals surface area contributed by atoms with Crippen molar-refractivity contribution < 1.29 is 13.2 Å². The lowest BCUT2D eigenvalue weighted by molar-refractivity contribution is -0.191. The lowest BCUT2D eigenvalue weighted by Gasteiger charge is -2.47. The van der Waals surface area contributed by atoms with Gasteiger partial charge < -0.3 is 10.6 Å². The van der Waals surface area contributed by atoms with E-state index in [-0.39, 0.29) is 18.9 Å². The Morgan fingerprint density at radius 1 is 1.44 bits per heavy atom. The Labute approximate surface area is 105 Å². The number of halogens is 3. The zero-order valence-corrected chi connectivity index (χ0v) is 10.8. The van der Waals surface area contributed by atoms with Gasteiger partial charge in [0.05, 0.1) is 18.0 Å². The van der Waals surface area contributed by atoms with Gasteiger partial charge in [0, 0.05) is 6.04 Å². The molecule has 0 aromatic rings. The van der Waals surface area contributed by atoms with E-state index in [2.05, 4.69) is 4.99 Å². The van der Waals surface area contributed by atoms with Crippen LogP contribution in [0.15, 0.2) is 4.99 Å². The van der Waals surface area contributed by atoms with E-state index in [4.69, 9.17) is 5.73 Å². The second kappa shape index (κ2) is 4.31. The molecule has 3 nitrogen and oxygen atoms in total. The molecule has 1 heterocycles. The standard InChI is InChI=1S/C12H20F3N3/c1-8(2)18-10(16)17-7-11(18)5-3-4-9(6-11)12(13,14)15/h8-9H,3-7H2,1-2H3,(H2,16,17). The van der Waals surface area contributed by atoms with Gasteiger partial charge in [-0.3, -0.25) is 4.99 Å². The fourth-order valence-corrected chi connectivity index (χ4v) is 3.42. The molecule has 18 heavy (non-hydrogen) atoms. The highest BCUT2D eigenvalue weighted by Gasteiger charge is 2.52. The third kappa shape index (κ3) is 2.17. The Bertz CT molecular complexity index is 351. The molecule has 0 aromatic carbocycles. The average molecular weight is 263 g/mol. The number of hydrogen-bond acceptors (Lipinski definition) is 3. The lowest BCUT2D eigenvalue weighted by atomic mass is 9.74. The van der Waals surface area contributed by atoms with Gasteiger partial charge in [-0.05, 0) is 33.1 Å². The third-order valence-electron chi connectivity index (χ3n) is 4.09. The molecule has 1 aliphatic carbocycles. The summed E-state index contributed by atoms with van der Waals surface area (Å²) in [5.41, 5.74) is 5.33. The predicted octanol–water partition coefficient (Wildman–Crippen LogP) is 2.52. The summed E-state index contributed by atoms with van der Waals surface area (Å²) < 4.78 is 38.7. The van der Waals surface area contributed by atoms with Gasteiger partial charge in [0.2, 0.25) is 0 Å². The molecular weight excluding hydrogens is 243 g/mol. The van der Waals surface area contributed by atoms with E-state index in [9.17, 15) is 13.2 Å². The van der Waals surface area contributed by atoms with Crippen LogP contribution in [0.5, 0.6) is 0 Å². The van der Waals surface area contributed by atoms with E-state index in [0.717, 1.165) is 6.42 Å². The van der Waals surface area contributed by atoms with Crippen LogP contribution in [0, 0.1) is 5.92 Å². The largest absolute Gasteiger partial charge is 0.391 e. The van der Waals surface area contributed by atoms with Crippen molar-refractivity contribution in [2.75, 3.05) is 6.54 Å². The summed E-state index contributed by atoms with van der Waals surface area (Å²) >= 11 is 0. The molecule has 2 atom stereocenters. The van der Waals surface area contributed by atoms with Gasteiger partial charge in [0.25, 0.3) is 0 Å². The second-order valence-corrected chi connectivity index (χ2v) is 5.70. The maximum atomic E-state index is 12.9. The van der Waals surface area contributed by atoms with Crippen molar-refractivity contribution in [3.8, 4) is 0 Å². The minimum atomic E-state index is -4.10. The Balaban J connectivity index is 2.21. The highest BCUT2D eigenvalue weighted by atomic mass is 19.4. The summed E-state index contributed by atoms with van der Waals surface area (Å²) in [5.74, 6) is -0.818. The summed E-state index contributed by atoms with van der Waals surface area (Å²) in [5, 5.41) is 0. The summed E-state index contributed by atoms with van der Waals surface area (Å²) in [6.07, 6.45) is -2.40. The monoisotopic (exact) mass is 263 g/mol. The van der Waals surface area contributed by atoms with Crippen molar-refractivity contribution in [2.45, 2.75) is 57.3 Å². The Kier molecular flexibility index (Phi) is 3.23. The van der Waals surface area contributed by atoms with Crippen LogP contribution in [-0.2, 0) is 0 Å². The van der Waals surface area contributed by atoms with Crippen molar-refractivity contribution in [3.63, 3.8) is 0 Å². The van der Waals surface area contributed by atoms with Crippen LogP contribution in [-0.4, -0.2) is 35.2 Å². The molecule has 104 valence electrons. The van der Waals surface area contributed by atoms with Crippen LogP contribution in [0.25, 0.3) is 0 Å². The molecule has 0 saturated heterocycles. The fourth-order valence-electron chi connectivity index (χ4n) is 3.42. The highest BCUT2D eigenvalue weighted by molar-refractivity contribution is 5.81. The summed E-state index contributed by atoms with van der Waals surface area (Å²) in [7, 11) is 0. The number of hydrogen-bond donors (Lipinski definition) is 1. The minimum absolute atomic E-state index is 0.0863. The molecule has 1 saturated carbocycles. The van der Waals surface area contributed by atoms with E-state index < -0.39 is 17.6 Å². The highest BCUT2D eigenvalue weighted by Crippen LogP contribution is 2.46. The predicted molar refractivity (Wildman–Crippen MR) is 64.2 cm³/mol. The van der Waals surface area contributed by atoms with Gasteiger partial charge in [-0.25, -0.2) is 0 Å². The van der Waals surface area contributed by atoms with Crippen LogP contribution >= 0.6 is 0 Å². The van der Waals surface area contributed by atoms with Gasteiger partial charge in [-0.1, -0.05) is 6.42 Å². The molecule has 0 amide bonds. The smallest absolute Gasteiger partial charge is 0.370 e. The van der Waals surface area contributed by atoms with Crippen molar-refractivity contribution in [2.24, 2.45) is 16.6 Å². The van der Waals surface area contributed by atoms with E-state index in [0.29, 0.717) is 18.9 Å². The minimum Gasteiger partial charge on any atom is -0.370 e. The first kappa shape index (κ1) is 13.5. The average Bonchev–Trinajstić information content (AvgIpc) is 2.54. The molecule has 2 unspecified atom stereocenters. The van der Waals surface area contributed by atoms with Crippen LogP contribution in [0.1, 0.15) is 39.5 Å². The molecule has 0 radical (unpaired) electrons. The number of nitrogens with zero attached hydrogens (tertiary/aromatic N) is 2. The van der Waals surface area contributed by atoms with E-state index in [1.165, 1.54) is 0 Å². The molecule has 2 aliphatic rings. The Morgan fingerprint density at radius 2 is 2.11 bits per heavy atom. The number of nitrogens with two attached hydrogens (primary N) is 1. The molecule has 0 aromatic heterocycles. The fraction of sp³-hybridized carbons (Fsp3) is 0.917. The molecule has 6 heteroatoms. The third-order valence-corrected chi connectivity index (χ3v) is 4.09. The SMILES string of the molecule is CC(C)N1C(N)=NCC12CCCC(C(F)(F)F)C2.